The largest absolute Gasteiger partial charge is 0.502 e. The molecule has 0 spiro atoms. The van der Waals surface area contributed by atoms with Crippen LogP contribution in [0.5, 0.6) is 5.75 Å². The van der Waals surface area contributed by atoms with Crippen molar-refractivity contribution in [1.82, 2.24) is 9.99 Å². The standard InChI is InChI=1S/C14H13N5O6/c1-17-4-2-3-10(17)7-13(20)16-15-8-9-5-11(18(22)23)6-12(14(9)21)19(24)25/h2-6,8,21H,7H2,1H3,(H,16,20)/b15-8-. The molecule has 0 unspecified atom stereocenters. The third-order valence-corrected chi connectivity index (χ3v) is 3.30. The number of nitro benzene ring substituents is 2. The van der Waals surface area contributed by atoms with Crippen LogP contribution in [0.1, 0.15) is 11.3 Å². The van der Waals surface area contributed by atoms with Gasteiger partial charge in [0.1, 0.15) is 0 Å². The third-order valence-electron chi connectivity index (χ3n) is 3.30. The van der Waals surface area contributed by atoms with Crippen LogP contribution in [0.2, 0.25) is 0 Å². The summed E-state index contributed by atoms with van der Waals surface area (Å²) >= 11 is 0. The maximum absolute atomic E-state index is 11.8. The Hall–Kier alpha value is -3.76. The first-order valence-electron chi connectivity index (χ1n) is 6.87. The fraction of sp³-hybridized carbons (Fsp3) is 0.143. The first kappa shape index (κ1) is 17.6. The zero-order valence-corrected chi connectivity index (χ0v) is 12.9. The van der Waals surface area contributed by atoms with E-state index in [9.17, 15) is 30.1 Å². The van der Waals surface area contributed by atoms with Crippen LogP contribution in [0.25, 0.3) is 0 Å². The van der Waals surface area contributed by atoms with Crippen LogP contribution in [0, 0.1) is 20.2 Å². The molecule has 0 saturated carbocycles. The summed E-state index contributed by atoms with van der Waals surface area (Å²) in [4.78, 5) is 31.6. The number of aromatic nitrogens is 1. The number of phenols is 1. The number of hydrogen-bond acceptors (Lipinski definition) is 7. The van der Waals surface area contributed by atoms with E-state index in [-0.39, 0.29) is 12.0 Å². The summed E-state index contributed by atoms with van der Waals surface area (Å²) in [5.41, 5.74) is 1.25. The topological polar surface area (TPSA) is 153 Å². The van der Waals surface area contributed by atoms with Crippen LogP contribution in [-0.4, -0.2) is 31.6 Å². The van der Waals surface area contributed by atoms with E-state index in [2.05, 4.69) is 10.5 Å². The average molecular weight is 347 g/mol. The molecule has 11 heteroatoms. The molecule has 1 aromatic carbocycles. The second-order valence-corrected chi connectivity index (χ2v) is 5.00. The number of aromatic hydroxyl groups is 1. The SMILES string of the molecule is Cn1cccc1CC(=O)N/N=C\c1cc([N+](=O)[O-])cc([N+](=O)[O-])c1O. The molecule has 2 N–H and O–H groups in total. The van der Waals surface area contributed by atoms with Gasteiger partial charge in [-0.1, -0.05) is 0 Å². The molecule has 1 amide bonds. The molecule has 0 aliphatic heterocycles. The van der Waals surface area contributed by atoms with Gasteiger partial charge in [0.05, 0.1) is 34.1 Å². The van der Waals surface area contributed by atoms with Crippen molar-refractivity contribution in [2.75, 3.05) is 0 Å². The summed E-state index contributed by atoms with van der Waals surface area (Å²) in [6.07, 6.45) is 2.71. The van der Waals surface area contributed by atoms with Crippen LogP contribution in [-0.2, 0) is 18.3 Å². The molecule has 2 rings (SSSR count). The highest BCUT2D eigenvalue weighted by Crippen LogP contribution is 2.33. The summed E-state index contributed by atoms with van der Waals surface area (Å²) in [5.74, 6) is -1.24. The van der Waals surface area contributed by atoms with Gasteiger partial charge in [0.25, 0.3) is 5.69 Å². The maximum atomic E-state index is 11.8. The van der Waals surface area contributed by atoms with Gasteiger partial charge in [0.15, 0.2) is 0 Å². The molecule has 1 aromatic heterocycles. The number of phenolic OH excluding ortho intramolecular Hbond substituents is 1. The highest BCUT2D eigenvalue weighted by atomic mass is 16.6. The number of carbonyl (C=O) groups is 1. The molecule has 25 heavy (non-hydrogen) atoms. The van der Waals surface area contributed by atoms with Crippen LogP contribution >= 0.6 is 0 Å². The van der Waals surface area contributed by atoms with Crippen molar-refractivity contribution in [2.45, 2.75) is 6.42 Å². The van der Waals surface area contributed by atoms with Gasteiger partial charge in [0, 0.05) is 25.0 Å². The van der Waals surface area contributed by atoms with Gasteiger partial charge in [-0.05, 0) is 12.1 Å². The molecule has 0 aliphatic rings. The number of aryl methyl sites for hydroxylation is 1. The van der Waals surface area contributed by atoms with Crippen molar-refractivity contribution in [1.29, 1.82) is 0 Å². The number of non-ortho nitro benzene ring substituents is 1. The van der Waals surface area contributed by atoms with Gasteiger partial charge in [-0.3, -0.25) is 25.0 Å². The molecule has 0 bridgehead atoms. The third kappa shape index (κ3) is 4.16. The van der Waals surface area contributed by atoms with Crippen LogP contribution in [0.15, 0.2) is 35.6 Å². The van der Waals surface area contributed by atoms with Gasteiger partial charge in [0.2, 0.25) is 11.7 Å². The Balaban J connectivity index is 2.17. The van der Waals surface area contributed by atoms with E-state index in [1.807, 2.05) is 0 Å². The highest BCUT2D eigenvalue weighted by Gasteiger charge is 2.23. The van der Waals surface area contributed by atoms with E-state index in [1.165, 1.54) is 0 Å². The first-order valence-corrected chi connectivity index (χ1v) is 6.87. The minimum Gasteiger partial charge on any atom is -0.502 e. The number of hydrazone groups is 1. The van der Waals surface area contributed by atoms with E-state index in [4.69, 9.17) is 0 Å². The summed E-state index contributed by atoms with van der Waals surface area (Å²) in [5, 5.41) is 35.0. The van der Waals surface area contributed by atoms with E-state index in [0.29, 0.717) is 6.07 Å². The normalized spacial score (nSPS) is 10.8. The Kier molecular flexibility index (Phi) is 5.07. The van der Waals surface area contributed by atoms with Crippen molar-refractivity contribution >= 4 is 23.5 Å². The number of amides is 1. The van der Waals surface area contributed by atoms with Crippen molar-refractivity contribution in [2.24, 2.45) is 12.1 Å². The number of nitrogens with one attached hydrogen (secondary N) is 1. The number of benzene rings is 1. The summed E-state index contributed by atoms with van der Waals surface area (Å²) in [7, 11) is 1.77. The summed E-state index contributed by atoms with van der Waals surface area (Å²) < 4.78 is 1.75. The molecule has 0 aliphatic carbocycles. The number of nitro groups is 2. The second-order valence-electron chi connectivity index (χ2n) is 5.00. The lowest BCUT2D eigenvalue weighted by Gasteiger charge is -2.03. The van der Waals surface area contributed by atoms with Crippen LogP contribution in [0.3, 0.4) is 0 Å². The van der Waals surface area contributed by atoms with Gasteiger partial charge >= 0.3 is 5.69 Å². The Morgan fingerprint density at radius 1 is 1.36 bits per heavy atom. The van der Waals surface area contributed by atoms with Crippen molar-refractivity contribution < 1.29 is 19.7 Å². The average Bonchev–Trinajstić information content (AvgIpc) is 2.93. The fourth-order valence-electron chi connectivity index (χ4n) is 2.03. The molecular weight excluding hydrogens is 334 g/mol. The lowest BCUT2D eigenvalue weighted by molar-refractivity contribution is -0.394. The maximum Gasteiger partial charge on any atom is 0.318 e. The number of nitrogens with zero attached hydrogens (tertiary/aromatic N) is 4. The Morgan fingerprint density at radius 3 is 2.64 bits per heavy atom. The van der Waals surface area contributed by atoms with Gasteiger partial charge in [-0.15, -0.1) is 0 Å². The number of carbonyl (C=O) groups excluding carboxylic acids is 1. The minimum atomic E-state index is -0.951. The lowest BCUT2D eigenvalue weighted by Crippen LogP contribution is -2.20. The number of hydrogen-bond donors (Lipinski definition) is 2. The molecular formula is C14H13N5O6. The molecule has 0 fully saturated rings. The Labute approximate surface area is 140 Å². The molecule has 1 heterocycles. The summed E-state index contributed by atoms with van der Waals surface area (Å²) in [6.45, 7) is 0. The zero-order chi connectivity index (χ0) is 18.6. The van der Waals surface area contributed by atoms with E-state index < -0.39 is 32.9 Å². The molecule has 0 saturated heterocycles. The first-order chi connectivity index (χ1) is 11.8. The molecule has 0 radical (unpaired) electrons. The second kappa shape index (κ2) is 7.21. The van der Waals surface area contributed by atoms with Crippen LogP contribution in [0.4, 0.5) is 11.4 Å². The van der Waals surface area contributed by atoms with E-state index >= 15 is 0 Å². The monoisotopic (exact) mass is 347 g/mol. The fourth-order valence-corrected chi connectivity index (χ4v) is 2.03. The minimum absolute atomic E-state index is 0.0436. The van der Waals surface area contributed by atoms with E-state index in [0.717, 1.165) is 18.0 Å². The van der Waals surface area contributed by atoms with Crippen molar-refractivity contribution in [3.05, 3.63) is 61.9 Å². The van der Waals surface area contributed by atoms with E-state index in [1.54, 1.807) is 29.9 Å². The smallest absolute Gasteiger partial charge is 0.318 e. The molecule has 0 atom stereocenters. The van der Waals surface area contributed by atoms with Gasteiger partial charge in [-0.2, -0.15) is 5.10 Å². The highest BCUT2D eigenvalue weighted by molar-refractivity contribution is 5.88. The van der Waals surface area contributed by atoms with Crippen molar-refractivity contribution in [3.63, 3.8) is 0 Å². The predicted octanol–water partition coefficient (Wildman–Crippen LogP) is 1.24. The predicted molar refractivity (Wildman–Crippen MR) is 86.3 cm³/mol. The molecule has 130 valence electrons. The zero-order valence-electron chi connectivity index (χ0n) is 12.9. The summed E-state index contributed by atoms with van der Waals surface area (Å²) in [6, 6.07) is 5.07. The van der Waals surface area contributed by atoms with Gasteiger partial charge in [-0.25, -0.2) is 5.43 Å². The van der Waals surface area contributed by atoms with Crippen LogP contribution < -0.4 is 5.43 Å². The van der Waals surface area contributed by atoms with Gasteiger partial charge < -0.3 is 9.67 Å². The Bertz CT molecular complexity index is 873. The number of rotatable bonds is 6. The lowest BCUT2D eigenvalue weighted by atomic mass is 10.1. The Morgan fingerprint density at radius 2 is 2.08 bits per heavy atom. The molecule has 2 aromatic rings. The molecule has 11 nitrogen and oxygen atoms in total. The van der Waals surface area contributed by atoms with Crippen molar-refractivity contribution in [3.8, 4) is 5.75 Å². The quantitative estimate of drug-likeness (QED) is 0.455.